The van der Waals surface area contributed by atoms with Crippen LogP contribution in [0.15, 0.2) is 18.2 Å². The zero-order valence-corrected chi connectivity index (χ0v) is 11.4. The third-order valence-corrected chi connectivity index (χ3v) is 3.70. The number of nitrogen functional groups attached to an aromatic ring is 1. The summed E-state index contributed by atoms with van der Waals surface area (Å²) >= 11 is 0. The maximum Gasteiger partial charge on any atom is 0.251 e. The minimum absolute atomic E-state index is 0.134. The molecule has 0 heterocycles. The largest absolute Gasteiger partial charge is 0.491 e. The van der Waals surface area contributed by atoms with E-state index < -0.39 is 0 Å². The van der Waals surface area contributed by atoms with Gasteiger partial charge in [0.25, 0.3) is 5.91 Å². The summed E-state index contributed by atoms with van der Waals surface area (Å²) in [6.45, 7) is 0.726. The molecule has 0 aromatic heterocycles. The number of ether oxygens (including phenoxy) is 1. The number of nitrogens with one attached hydrogen (secondary N) is 1. The summed E-state index contributed by atoms with van der Waals surface area (Å²) in [6.07, 6.45) is 6.45. The first-order chi connectivity index (χ1) is 9.20. The number of carbonyl (C=O) groups excluding carboxylic acids is 1. The highest BCUT2D eigenvalue weighted by Crippen LogP contribution is 2.27. The number of amides is 1. The van der Waals surface area contributed by atoms with Gasteiger partial charge >= 0.3 is 0 Å². The van der Waals surface area contributed by atoms with Gasteiger partial charge in [0.2, 0.25) is 0 Å². The molecule has 19 heavy (non-hydrogen) atoms. The molecule has 0 radical (unpaired) electrons. The first kappa shape index (κ1) is 13.7. The van der Waals surface area contributed by atoms with Crippen molar-refractivity contribution >= 4 is 11.6 Å². The van der Waals surface area contributed by atoms with Crippen LogP contribution in [0.3, 0.4) is 0 Å². The molecule has 0 aliphatic heterocycles. The van der Waals surface area contributed by atoms with Gasteiger partial charge in [-0.2, -0.15) is 0 Å². The molecule has 4 heteroatoms. The van der Waals surface area contributed by atoms with Crippen LogP contribution in [0.1, 0.15) is 42.5 Å². The Hall–Kier alpha value is -1.71. The topological polar surface area (TPSA) is 64.3 Å². The Labute approximate surface area is 114 Å². The summed E-state index contributed by atoms with van der Waals surface area (Å²) in [5, 5.41) is 2.58. The second-order valence-electron chi connectivity index (χ2n) is 5.15. The molecule has 1 aromatic carbocycles. The van der Waals surface area contributed by atoms with E-state index in [0.29, 0.717) is 22.9 Å². The number of nitrogens with two attached hydrogens (primary N) is 1. The van der Waals surface area contributed by atoms with Gasteiger partial charge in [-0.3, -0.25) is 4.79 Å². The van der Waals surface area contributed by atoms with Crippen LogP contribution in [0.2, 0.25) is 0 Å². The summed E-state index contributed by atoms with van der Waals surface area (Å²) in [5.74, 6) is 1.19. The number of hydrogen-bond donors (Lipinski definition) is 2. The molecule has 0 saturated heterocycles. The molecule has 2 rings (SSSR count). The second-order valence-corrected chi connectivity index (χ2v) is 5.15. The Morgan fingerprint density at radius 3 is 2.74 bits per heavy atom. The van der Waals surface area contributed by atoms with E-state index in [0.717, 1.165) is 6.61 Å². The van der Waals surface area contributed by atoms with Crippen molar-refractivity contribution in [3.05, 3.63) is 23.8 Å². The lowest BCUT2D eigenvalue weighted by atomic mass is 9.90. The van der Waals surface area contributed by atoms with E-state index in [2.05, 4.69) is 5.32 Å². The quantitative estimate of drug-likeness (QED) is 0.820. The predicted octanol–water partition coefficient (Wildman–Crippen LogP) is 2.59. The highest BCUT2D eigenvalue weighted by Gasteiger charge is 2.15. The van der Waals surface area contributed by atoms with Crippen molar-refractivity contribution in [2.45, 2.75) is 32.1 Å². The summed E-state index contributed by atoms with van der Waals surface area (Å²) in [7, 11) is 1.60. The number of rotatable bonds is 4. The fourth-order valence-electron chi connectivity index (χ4n) is 2.53. The molecular weight excluding hydrogens is 240 g/mol. The Kier molecular flexibility index (Phi) is 4.66. The minimum atomic E-state index is -0.134. The maximum absolute atomic E-state index is 11.5. The van der Waals surface area contributed by atoms with E-state index in [1.54, 1.807) is 25.2 Å². The van der Waals surface area contributed by atoms with Crippen molar-refractivity contribution in [1.82, 2.24) is 5.32 Å². The average molecular weight is 262 g/mol. The van der Waals surface area contributed by atoms with Crippen molar-refractivity contribution in [2.75, 3.05) is 19.4 Å². The van der Waals surface area contributed by atoms with Crippen LogP contribution in [0, 0.1) is 5.92 Å². The van der Waals surface area contributed by atoms with Gasteiger partial charge in [-0.05, 0) is 37.0 Å². The van der Waals surface area contributed by atoms with Crippen molar-refractivity contribution in [3.63, 3.8) is 0 Å². The molecule has 4 nitrogen and oxygen atoms in total. The number of hydrogen-bond acceptors (Lipinski definition) is 3. The molecule has 1 aromatic rings. The van der Waals surface area contributed by atoms with Gasteiger partial charge in [0.1, 0.15) is 5.75 Å². The molecule has 1 amide bonds. The molecule has 0 bridgehead atoms. The normalized spacial score (nSPS) is 16.1. The van der Waals surface area contributed by atoms with Crippen LogP contribution in [0.5, 0.6) is 5.75 Å². The van der Waals surface area contributed by atoms with Crippen molar-refractivity contribution in [3.8, 4) is 5.75 Å². The van der Waals surface area contributed by atoms with Crippen LogP contribution < -0.4 is 15.8 Å². The summed E-state index contributed by atoms with van der Waals surface area (Å²) in [6, 6.07) is 5.18. The van der Waals surface area contributed by atoms with Crippen LogP contribution in [0.4, 0.5) is 5.69 Å². The molecule has 1 aliphatic carbocycles. The summed E-state index contributed by atoms with van der Waals surface area (Å²) < 4.78 is 5.79. The van der Waals surface area contributed by atoms with Gasteiger partial charge in [-0.1, -0.05) is 19.3 Å². The van der Waals surface area contributed by atoms with Gasteiger partial charge in [-0.25, -0.2) is 0 Å². The summed E-state index contributed by atoms with van der Waals surface area (Å²) in [5.41, 5.74) is 7.01. The van der Waals surface area contributed by atoms with Gasteiger partial charge in [0, 0.05) is 12.6 Å². The third-order valence-electron chi connectivity index (χ3n) is 3.70. The van der Waals surface area contributed by atoms with Crippen LogP contribution in [-0.4, -0.2) is 19.6 Å². The van der Waals surface area contributed by atoms with Crippen LogP contribution in [0.25, 0.3) is 0 Å². The van der Waals surface area contributed by atoms with Gasteiger partial charge < -0.3 is 15.8 Å². The third kappa shape index (κ3) is 3.63. The highest BCUT2D eigenvalue weighted by molar-refractivity contribution is 5.95. The Morgan fingerprint density at radius 2 is 2.11 bits per heavy atom. The first-order valence-electron chi connectivity index (χ1n) is 6.95. The van der Waals surface area contributed by atoms with E-state index in [-0.39, 0.29) is 5.91 Å². The van der Waals surface area contributed by atoms with Crippen molar-refractivity contribution in [2.24, 2.45) is 5.92 Å². The van der Waals surface area contributed by atoms with E-state index >= 15 is 0 Å². The predicted molar refractivity (Wildman–Crippen MR) is 76.3 cm³/mol. The van der Waals surface area contributed by atoms with Crippen LogP contribution >= 0.6 is 0 Å². The standard InChI is InChI=1S/C15H22N2O2/c1-17-15(18)12-7-8-14(13(16)9-12)19-10-11-5-3-2-4-6-11/h7-9,11H,2-6,10,16H2,1H3,(H,17,18). The Morgan fingerprint density at radius 1 is 1.37 bits per heavy atom. The Bertz CT molecular complexity index is 440. The first-order valence-corrected chi connectivity index (χ1v) is 6.95. The minimum Gasteiger partial charge on any atom is -0.491 e. The molecular formula is C15H22N2O2. The molecule has 104 valence electrons. The zero-order valence-electron chi connectivity index (χ0n) is 11.4. The molecule has 1 fully saturated rings. The molecule has 0 atom stereocenters. The molecule has 0 unspecified atom stereocenters. The van der Waals surface area contributed by atoms with Crippen molar-refractivity contribution in [1.29, 1.82) is 0 Å². The lowest BCUT2D eigenvalue weighted by Crippen LogP contribution is -2.18. The smallest absolute Gasteiger partial charge is 0.251 e. The SMILES string of the molecule is CNC(=O)c1ccc(OCC2CCCCC2)c(N)c1. The van der Waals surface area contributed by atoms with Gasteiger partial charge in [0.05, 0.1) is 12.3 Å². The number of benzene rings is 1. The van der Waals surface area contributed by atoms with Crippen LogP contribution in [-0.2, 0) is 0 Å². The fourth-order valence-corrected chi connectivity index (χ4v) is 2.53. The van der Waals surface area contributed by atoms with E-state index in [1.165, 1.54) is 32.1 Å². The monoisotopic (exact) mass is 262 g/mol. The van der Waals surface area contributed by atoms with Gasteiger partial charge in [0.15, 0.2) is 0 Å². The zero-order chi connectivity index (χ0) is 13.7. The van der Waals surface area contributed by atoms with E-state index in [9.17, 15) is 4.79 Å². The molecule has 1 saturated carbocycles. The molecule has 3 N–H and O–H groups in total. The van der Waals surface area contributed by atoms with E-state index in [1.807, 2.05) is 0 Å². The van der Waals surface area contributed by atoms with E-state index in [4.69, 9.17) is 10.5 Å². The lowest BCUT2D eigenvalue weighted by molar-refractivity contribution is 0.0963. The second kappa shape index (κ2) is 6.45. The number of carbonyl (C=O) groups is 1. The Balaban J connectivity index is 1.95. The maximum atomic E-state index is 11.5. The fraction of sp³-hybridized carbons (Fsp3) is 0.533. The highest BCUT2D eigenvalue weighted by atomic mass is 16.5. The lowest BCUT2D eigenvalue weighted by Gasteiger charge is -2.22. The molecule has 1 aliphatic rings. The number of anilines is 1. The molecule has 0 spiro atoms. The van der Waals surface area contributed by atoms with Gasteiger partial charge in [-0.15, -0.1) is 0 Å². The average Bonchev–Trinajstić information content (AvgIpc) is 2.46. The van der Waals surface area contributed by atoms with Crippen molar-refractivity contribution < 1.29 is 9.53 Å². The summed E-state index contributed by atoms with van der Waals surface area (Å²) in [4.78, 5) is 11.5.